The number of imidazole rings is 1. The molecule has 2 atom stereocenters. The first-order chi connectivity index (χ1) is 17.9. The highest BCUT2D eigenvalue weighted by Crippen LogP contribution is 2.40. The monoisotopic (exact) mass is 516 g/mol. The Bertz CT molecular complexity index is 1460. The maximum absolute atomic E-state index is 14.3. The molecule has 2 aromatic carbocycles. The number of primary amides is 1. The summed E-state index contributed by atoms with van der Waals surface area (Å²) < 4.78 is 14.3. The highest BCUT2D eigenvalue weighted by atomic mass is 35.5. The number of hydrogen-bond donors (Lipinski definition) is 3. The van der Waals surface area contributed by atoms with E-state index in [4.69, 9.17) is 28.3 Å². The third-order valence-electron chi connectivity index (χ3n) is 7.17. The van der Waals surface area contributed by atoms with Gasteiger partial charge in [-0.3, -0.25) is 4.79 Å². The minimum absolute atomic E-state index is 0.0390. The van der Waals surface area contributed by atoms with E-state index < -0.39 is 5.82 Å². The zero-order valence-electron chi connectivity index (χ0n) is 20.0. The Morgan fingerprint density at radius 1 is 1.30 bits per heavy atom. The Labute approximate surface area is 219 Å². The number of nitrogens with two attached hydrogens (primary N) is 2. The lowest BCUT2D eigenvalue weighted by molar-refractivity contribution is -0.122. The highest BCUT2D eigenvalue weighted by molar-refractivity contribution is 6.31. The van der Waals surface area contributed by atoms with E-state index in [0.717, 1.165) is 16.7 Å². The number of H-pyrrole nitrogens is 1. The maximum atomic E-state index is 14.3. The van der Waals surface area contributed by atoms with Gasteiger partial charge in [0.1, 0.15) is 23.5 Å². The zero-order valence-corrected chi connectivity index (χ0v) is 20.8. The number of carbonyl (C=O) groups excluding carboxylic acids is 1. The molecule has 1 aliphatic heterocycles. The predicted octanol–water partition coefficient (Wildman–Crippen LogP) is 4.72. The van der Waals surface area contributed by atoms with Crippen molar-refractivity contribution >= 4 is 17.5 Å². The van der Waals surface area contributed by atoms with E-state index in [0.29, 0.717) is 55.1 Å². The molecule has 2 heterocycles. The molecule has 1 saturated carbocycles. The lowest BCUT2D eigenvalue weighted by Gasteiger charge is -2.39. The van der Waals surface area contributed by atoms with Gasteiger partial charge in [0.25, 0.3) is 0 Å². The van der Waals surface area contributed by atoms with Gasteiger partial charge in [0.15, 0.2) is 5.15 Å². The number of allylic oxidation sites excluding steroid dienone is 2. The van der Waals surface area contributed by atoms with Crippen LogP contribution in [0.4, 0.5) is 4.39 Å². The summed E-state index contributed by atoms with van der Waals surface area (Å²) in [6.07, 6.45) is 4.66. The molecule has 7 nitrogen and oxygen atoms in total. The molecule has 1 amide bonds. The average Bonchev–Trinajstić information content (AvgIpc) is 3.29. The molecule has 37 heavy (non-hydrogen) atoms. The topological polar surface area (TPSA) is 125 Å². The number of aromatic nitrogens is 2. The average molecular weight is 517 g/mol. The number of rotatable bonds is 6. The van der Waals surface area contributed by atoms with Crippen molar-refractivity contribution in [2.75, 3.05) is 6.54 Å². The number of nitriles is 1. The van der Waals surface area contributed by atoms with Crippen molar-refractivity contribution in [3.05, 3.63) is 99.5 Å². The number of aromatic amines is 1. The Morgan fingerprint density at radius 2 is 2.08 bits per heavy atom. The fourth-order valence-corrected chi connectivity index (χ4v) is 5.41. The number of carbonyl (C=O) groups is 1. The van der Waals surface area contributed by atoms with Crippen molar-refractivity contribution in [3.8, 4) is 17.3 Å². The normalized spacial score (nSPS) is 18.1. The Hall–Kier alpha value is -4.09. The number of fused-ring (bicyclic) bond motifs is 1. The molecular weight excluding hydrogens is 491 g/mol. The van der Waals surface area contributed by atoms with Gasteiger partial charge in [-0.15, -0.1) is 0 Å². The number of nitrogens with zero attached hydrogens (tertiary/aromatic N) is 3. The molecule has 0 saturated heterocycles. The standard InChI is InChI=1S/C28H26ClFN6O/c29-25-24(18-6-7-20(15-31)22(30)14-18)34-28(35-25)23(12-16-4-2-1-3-5-16)36-11-10-17-13-19(27(33)37)8-9-21(17)26(36)32/h1-7,10,14,19,23H,8-9,11-13,32H2,(H2,33,37)(H,34,35)/t19?,23-/m0/s1. The number of amides is 1. The Balaban J connectivity index is 1.52. The van der Waals surface area contributed by atoms with E-state index in [9.17, 15) is 9.18 Å². The van der Waals surface area contributed by atoms with Crippen LogP contribution in [0.15, 0.2) is 71.6 Å². The fraction of sp³-hybridized carbons (Fsp3) is 0.250. The van der Waals surface area contributed by atoms with Crippen molar-refractivity contribution < 1.29 is 9.18 Å². The van der Waals surface area contributed by atoms with Crippen LogP contribution < -0.4 is 11.5 Å². The number of halogens is 2. The van der Waals surface area contributed by atoms with Crippen LogP contribution in [0.1, 0.15) is 42.3 Å². The van der Waals surface area contributed by atoms with Crippen molar-refractivity contribution in [3.63, 3.8) is 0 Å². The van der Waals surface area contributed by atoms with E-state index in [1.54, 1.807) is 6.07 Å². The summed E-state index contributed by atoms with van der Waals surface area (Å²) in [4.78, 5) is 21.8. The SMILES string of the molecule is N#Cc1ccc(-c2[nH]c([C@H](Cc3ccccc3)N3CC=C4CC(C(N)=O)CCC4=C3N)nc2Cl)cc1F. The molecule has 188 valence electrons. The molecule has 0 spiro atoms. The van der Waals surface area contributed by atoms with Crippen LogP contribution in [0.3, 0.4) is 0 Å². The zero-order chi connectivity index (χ0) is 26.1. The number of nitrogens with one attached hydrogen (secondary N) is 1. The van der Waals surface area contributed by atoms with Crippen LogP contribution >= 0.6 is 11.6 Å². The van der Waals surface area contributed by atoms with Gasteiger partial charge in [0, 0.05) is 24.4 Å². The van der Waals surface area contributed by atoms with Crippen molar-refractivity contribution in [1.82, 2.24) is 14.9 Å². The van der Waals surface area contributed by atoms with Gasteiger partial charge >= 0.3 is 0 Å². The maximum Gasteiger partial charge on any atom is 0.220 e. The molecule has 3 aromatic rings. The molecule has 1 fully saturated rings. The van der Waals surface area contributed by atoms with E-state index in [1.807, 2.05) is 36.4 Å². The van der Waals surface area contributed by atoms with Gasteiger partial charge in [0.05, 0.1) is 17.3 Å². The fourth-order valence-electron chi connectivity index (χ4n) is 5.16. The molecule has 1 unspecified atom stereocenters. The van der Waals surface area contributed by atoms with Gasteiger partial charge in [-0.2, -0.15) is 5.26 Å². The van der Waals surface area contributed by atoms with Crippen LogP contribution in [-0.4, -0.2) is 27.3 Å². The number of benzene rings is 2. The second-order valence-corrected chi connectivity index (χ2v) is 9.75. The Morgan fingerprint density at radius 3 is 2.78 bits per heavy atom. The van der Waals surface area contributed by atoms with Gasteiger partial charge in [0.2, 0.25) is 5.91 Å². The smallest absolute Gasteiger partial charge is 0.220 e. The summed E-state index contributed by atoms with van der Waals surface area (Å²) >= 11 is 6.54. The summed E-state index contributed by atoms with van der Waals surface area (Å²) in [5.41, 5.74) is 16.4. The number of hydrogen-bond acceptors (Lipinski definition) is 5. The lowest BCUT2D eigenvalue weighted by atomic mass is 9.80. The molecule has 1 aliphatic carbocycles. The first kappa shape index (κ1) is 24.6. The summed E-state index contributed by atoms with van der Waals surface area (Å²) in [5, 5.41) is 9.27. The van der Waals surface area contributed by atoms with Crippen LogP contribution in [0, 0.1) is 23.1 Å². The largest absolute Gasteiger partial charge is 0.385 e. The Kier molecular flexibility index (Phi) is 6.72. The first-order valence-corrected chi connectivity index (χ1v) is 12.5. The van der Waals surface area contributed by atoms with Crippen LogP contribution in [0.5, 0.6) is 0 Å². The summed E-state index contributed by atoms with van der Waals surface area (Å²) in [7, 11) is 0. The molecule has 0 radical (unpaired) electrons. The van der Waals surface area contributed by atoms with E-state index in [2.05, 4.69) is 20.9 Å². The summed E-state index contributed by atoms with van der Waals surface area (Å²) in [6.45, 7) is 0.535. The van der Waals surface area contributed by atoms with E-state index in [1.165, 1.54) is 12.1 Å². The predicted molar refractivity (Wildman–Crippen MR) is 139 cm³/mol. The molecule has 2 aliphatic rings. The molecule has 0 bridgehead atoms. The molecule has 5 N–H and O–H groups in total. The second kappa shape index (κ2) is 10.1. The molecule has 9 heteroatoms. The second-order valence-electron chi connectivity index (χ2n) is 9.39. The van der Waals surface area contributed by atoms with Crippen LogP contribution in [0.25, 0.3) is 11.3 Å². The van der Waals surface area contributed by atoms with E-state index in [-0.39, 0.29) is 28.6 Å². The van der Waals surface area contributed by atoms with Crippen LogP contribution in [-0.2, 0) is 11.2 Å². The minimum Gasteiger partial charge on any atom is -0.385 e. The third kappa shape index (κ3) is 4.83. The van der Waals surface area contributed by atoms with Crippen molar-refractivity contribution in [2.45, 2.75) is 31.7 Å². The molecule has 1 aromatic heterocycles. The van der Waals surface area contributed by atoms with Gasteiger partial charge < -0.3 is 21.4 Å². The third-order valence-corrected chi connectivity index (χ3v) is 7.45. The highest BCUT2D eigenvalue weighted by Gasteiger charge is 2.33. The van der Waals surface area contributed by atoms with Gasteiger partial charge in [-0.05, 0) is 48.1 Å². The minimum atomic E-state index is -0.623. The molecular formula is C28H26ClFN6O. The van der Waals surface area contributed by atoms with Crippen LogP contribution in [0.2, 0.25) is 5.15 Å². The van der Waals surface area contributed by atoms with Gasteiger partial charge in [-0.25, -0.2) is 9.37 Å². The van der Waals surface area contributed by atoms with Crippen molar-refractivity contribution in [1.29, 1.82) is 5.26 Å². The quantitative estimate of drug-likeness (QED) is 0.437. The van der Waals surface area contributed by atoms with Crippen molar-refractivity contribution in [2.24, 2.45) is 17.4 Å². The summed E-state index contributed by atoms with van der Waals surface area (Å²) in [6, 6.07) is 15.9. The molecule has 5 rings (SSSR count). The van der Waals surface area contributed by atoms with Gasteiger partial charge in [-0.1, -0.05) is 54.1 Å². The van der Waals surface area contributed by atoms with E-state index >= 15 is 0 Å². The lowest BCUT2D eigenvalue weighted by Crippen LogP contribution is -2.39. The first-order valence-electron chi connectivity index (χ1n) is 12.1. The summed E-state index contributed by atoms with van der Waals surface area (Å²) in [5.74, 6) is 0.176.